The Balaban J connectivity index is 1.63. The number of benzene rings is 1. The van der Waals surface area contributed by atoms with Gasteiger partial charge in [-0.05, 0) is 37.3 Å². The molecule has 1 aliphatic rings. The van der Waals surface area contributed by atoms with Gasteiger partial charge in [-0.25, -0.2) is 0 Å². The number of likely N-dealkylation sites (tertiary alicyclic amines) is 1. The lowest BCUT2D eigenvalue weighted by Crippen LogP contribution is -2.42. The van der Waals surface area contributed by atoms with E-state index in [0.717, 1.165) is 26.2 Å². The quantitative estimate of drug-likeness (QED) is 0.800. The van der Waals surface area contributed by atoms with Crippen LogP contribution >= 0.6 is 0 Å². The molecule has 0 aromatic heterocycles. The number of terminal acetylenes is 1. The Bertz CT molecular complexity index is 413. The summed E-state index contributed by atoms with van der Waals surface area (Å²) < 4.78 is 0. The normalized spacial score (nSPS) is 18.6. The van der Waals surface area contributed by atoms with E-state index in [1.165, 1.54) is 24.8 Å². The molecule has 1 unspecified atom stereocenters. The van der Waals surface area contributed by atoms with Crippen LogP contribution in [0, 0.1) is 12.3 Å². The first-order chi connectivity index (χ1) is 9.79. The van der Waals surface area contributed by atoms with E-state index in [9.17, 15) is 0 Å². The lowest BCUT2D eigenvalue weighted by atomic mass is 9.97. The van der Waals surface area contributed by atoms with Crippen molar-refractivity contribution in [2.24, 2.45) is 0 Å². The molecule has 1 aromatic rings. The van der Waals surface area contributed by atoms with Gasteiger partial charge in [-0.1, -0.05) is 43.2 Å². The van der Waals surface area contributed by atoms with Gasteiger partial charge in [0.15, 0.2) is 0 Å². The van der Waals surface area contributed by atoms with Crippen molar-refractivity contribution in [3.05, 3.63) is 35.9 Å². The molecule has 108 valence electrons. The van der Waals surface area contributed by atoms with Crippen molar-refractivity contribution in [3.8, 4) is 12.3 Å². The first-order valence-corrected chi connectivity index (χ1v) is 7.73. The van der Waals surface area contributed by atoms with Gasteiger partial charge in [0, 0.05) is 19.1 Å². The minimum absolute atomic E-state index is 0.630. The summed E-state index contributed by atoms with van der Waals surface area (Å²) in [6.45, 7) is 6.49. The number of nitrogens with zero attached hydrogens (tertiary/aromatic N) is 1. The van der Waals surface area contributed by atoms with Crippen LogP contribution in [0.3, 0.4) is 0 Å². The van der Waals surface area contributed by atoms with Crippen LogP contribution in [0.25, 0.3) is 0 Å². The van der Waals surface area contributed by atoms with Gasteiger partial charge in [0.1, 0.15) is 0 Å². The SMILES string of the molecule is C#CCN1CCC(NCCC(C)c2ccccc2)CC1. The average molecular weight is 270 g/mol. The zero-order chi connectivity index (χ0) is 14.2. The van der Waals surface area contributed by atoms with Crippen LogP contribution in [0.1, 0.15) is 37.7 Å². The summed E-state index contributed by atoms with van der Waals surface area (Å²) in [6, 6.07) is 11.5. The number of nitrogens with one attached hydrogen (secondary N) is 1. The highest BCUT2D eigenvalue weighted by molar-refractivity contribution is 5.18. The van der Waals surface area contributed by atoms with E-state index in [0.29, 0.717) is 12.0 Å². The Morgan fingerprint density at radius 2 is 2.00 bits per heavy atom. The molecule has 2 nitrogen and oxygen atoms in total. The molecule has 0 bridgehead atoms. The van der Waals surface area contributed by atoms with Crippen LogP contribution in [0.2, 0.25) is 0 Å². The Morgan fingerprint density at radius 3 is 2.65 bits per heavy atom. The van der Waals surface area contributed by atoms with Crippen LogP contribution < -0.4 is 5.32 Å². The molecule has 0 amide bonds. The fraction of sp³-hybridized carbons (Fsp3) is 0.556. The molecule has 0 saturated carbocycles. The largest absolute Gasteiger partial charge is 0.314 e. The standard InChI is InChI=1S/C18H26N2/c1-3-13-20-14-10-18(11-15-20)19-12-9-16(2)17-7-5-4-6-8-17/h1,4-8,16,18-19H,9-15H2,2H3. The Hall–Kier alpha value is -1.30. The second-order valence-electron chi connectivity index (χ2n) is 5.81. The predicted octanol–water partition coefficient (Wildman–Crippen LogP) is 2.87. The summed E-state index contributed by atoms with van der Waals surface area (Å²) in [6.07, 6.45) is 9.01. The molecule has 1 heterocycles. The van der Waals surface area contributed by atoms with Gasteiger partial charge in [0.25, 0.3) is 0 Å². The van der Waals surface area contributed by atoms with Crippen molar-refractivity contribution in [2.75, 3.05) is 26.2 Å². The minimum atomic E-state index is 0.630. The van der Waals surface area contributed by atoms with Crippen molar-refractivity contribution >= 4 is 0 Å². The first-order valence-electron chi connectivity index (χ1n) is 7.73. The Morgan fingerprint density at radius 1 is 1.30 bits per heavy atom. The van der Waals surface area contributed by atoms with Crippen molar-refractivity contribution in [1.29, 1.82) is 0 Å². The van der Waals surface area contributed by atoms with Crippen molar-refractivity contribution in [1.82, 2.24) is 10.2 Å². The van der Waals surface area contributed by atoms with Gasteiger partial charge >= 0.3 is 0 Å². The zero-order valence-electron chi connectivity index (χ0n) is 12.5. The fourth-order valence-electron chi connectivity index (χ4n) is 2.88. The summed E-state index contributed by atoms with van der Waals surface area (Å²) >= 11 is 0. The van der Waals surface area contributed by atoms with Crippen LogP contribution in [0.4, 0.5) is 0 Å². The molecular formula is C18H26N2. The van der Waals surface area contributed by atoms with Gasteiger partial charge in [-0.15, -0.1) is 6.42 Å². The van der Waals surface area contributed by atoms with E-state index >= 15 is 0 Å². The first kappa shape index (κ1) is 15.1. The number of hydrogen-bond donors (Lipinski definition) is 1. The van der Waals surface area contributed by atoms with Gasteiger partial charge in [-0.2, -0.15) is 0 Å². The van der Waals surface area contributed by atoms with Crippen LogP contribution in [-0.2, 0) is 0 Å². The van der Waals surface area contributed by atoms with E-state index in [4.69, 9.17) is 6.42 Å². The smallest absolute Gasteiger partial charge is 0.0598 e. The van der Waals surface area contributed by atoms with Gasteiger partial charge in [0.05, 0.1) is 6.54 Å². The van der Waals surface area contributed by atoms with Crippen molar-refractivity contribution in [2.45, 2.75) is 38.1 Å². The van der Waals surface area contributed by atoms with Gasteiger partial charge in [-0.3, -0.25) is 4.90 Å². The van der Waals surface area contributed by atoms with E-state index in [-0.39, 0.29) is 0 Å². The number of piperidine rings is 1. The fourth-order valence-corrected chi connectivity index (χ4v) is 2.88. The van der Waals surface area contributed by atoms with E-state index in [1.807, 2.05) is 0 Å². The lowest BCUT2D eigenvalue weighted by Gasteiger charge is -2.31. The maximum atomic E-state index is 5.36. The third-order valence-corrected chi connectivity index (χ3v) is 4.28. The molecule has 1 aliphatic heterocycles. The van der Waals surface area contributed by atoms with E-state index in [2.05, 4.69) is 53.4 Å². The topological polar surface area (TPSA) is 15.3 Å². The molecular weight excluding hydrogens is 244 g/mol. The molecule has 1 fully saturated rings. The lowest BCUT2D eigenvalue weighted by molar-refractivity contribution is 0.217. The Labute approximate surface area is 123 Å². The van der Waals surface area contributed by atoms with Gasteiger partial charge in [0.2, 0.25) is 0 Å². The molecule has 0 spiro atoms. The zero-order valence-corrected chi connectivity index (χ0v) is 12.5. The Kier molecular flexibility index (Phi) is 6.11. The molecule has 0 aliphatic carbocycles. The van der Waals surface area contributed by atoms with Crippen LogP contribution in [0.5, 0.6) is 0 Å². The highest BCUT2D eigenvalue weighted by atomic mass is 15.1. The molecule has 1 aromatic carbocycles. The van der Waals surface area contributed by atoms with E-state index in [1.54, 1.807) is 0 Å². The molecule has 1 saturated heterocycles. The summed E-state index contributed by atoms with van der Waals surface area (Å²) in [5.41, 5.74) is 1.44. The maximum absolute atomic E-state index is 5.36. The molecule has 2 heteroatoms. The maximum Gasteiger partial charge on any atom is 0.0598 e. The predicted molar refractivity (Wildman–Crippen MR) is 85.8 cm³/mol. The van der Waals surface area contributed by atoms with Crippen molar-refractivity contribution in [3.63, 3.8) is 0 Å². The van der Waals surface area contributed by atoms with Crippen molar-refractivity contribution < 1.29 is 0 Å². The second kappa shape index (κ2) is 8.09. The molecule has 1 atom stereocenters. The van der Waals surface area contributed by atoms with Crippen LogP contribution in [-0.4, -0.2) is 37.1 Å². The van der Waals surface area contributed by atoms with Gasteiger partial charge < -0.3 is 5.32 Å². The van der Waals surface area contributed by atoms with E-state index < -0.39 is 0 Å². The third-order valence-electron chi connectivity index (χ3n) is 4.28. The average Bonchev–Trinajstić information content (AvgIpc) is 2.50. The summed E-state index contributed by atoms with van der Waals surface area (Å²) in [5.74, 6) is 3.36. The van der Waals surface area contributed by atoms with Crippen LogP contribution in [0.15, 0.2) is 30.3 Å². The molecule has 2 rings (SSSR count). The monoisotopic (exact) mass is 270 g/mol. The minimum Gasteiger partial charge on any atom is -0.314 e. The summed E-state index contributed by atoms with van der Waals surface area (Å²) in [4.78, 5) is 2.37. The molecule has 1 N–H and O–H groups in total. The third kappa shape index (κ3) is 4.67. The number of hydrogen-bond acceptors (Lipinski definition) is 2. The molecule has 0 radical (unpaired) electrons. The number of rotatable bonds is 6. The molecule has 20 heavy (non-hydrogen) atoms. The summed E-state index contributed by atoms with van der Waals surface area (Å²) in [5, 5.41) is 3.71. The highest BCUT2D eigenvalue weighted by Crippen LogP contribution is 2.18. The second-order valence-corrected chi connectivity index (χ2v) is 5.81. The summed E-state index contributed by atoms with van der Waals surface area (Å²) in [7, 11) is 0. The highest BCUT2D eigenvalue weighted by Gasteiger charge is 2.17.